The minimum absolute atomic E-state index is 0.103. The largest absolute Gasteiger partial charge is 0.478 e. The van der Waals surface area contributed by atoms with Crippen LogP contribution in [0.5, 0.6) is 5.88 Å². The van der Waals surface area contributed by atoms with Gasteiger partial charge in [0.2, 0.25) is 11.8 Å². The first-order chi connectivity index (χ1) is 9.63. The van der Waals surface area contributed by atoms with E-state index in [1.54, 1.807) is 0 Å². The third-order valence-corrected chi connectivity index (χ3v) is 3.35. The van der Waals surface area contributed by atoms with Crippen molar-refractivity contribution in [2.45, 2.75) is 26.7 Å². The van der Waals surface area contributed by atoms with Gasteiger partial charge in [0.05, 0.1) is 19.6 Å². The maximum absolute atomic E-state index is 11.7. The molecule has 1 aliphatic heterocycles. The standard InChI is InChI=1S/C14H21N3O3/c1-4-20-12-8-10(2)15-14(16-12)17-7-5-6-11(9-17)13(18)19-3/h8,11H,4-7,9H2,1-3H3. The molecule has 20 heavy (non-hydrogen) atoms. The van der Waals surface area contributed by atoms with E-state index < -0.39 is 0 Å². The zero-order chi connectivity index (χ0) is 14.5. The van der Waals surface area contributed by atoms with Crippen molar-refractivity contribution >= 4 is 11.9 Å². The van der Waals surface area contributed by atoms with E-state index in [4.69, 9.17) is 9.47 Å². The Morgan fingerprint density at radius 1 is 1.50 bits per heavy atom. The summed E-state index contributed by atoms with van der Waals surface area (Å²) in [5.41, 5.74) is 0.860. The number of hydrogen-bond acceptors (Lipinski definition) is 6. The Labute approximate surface area is 119 Å². The van der Waals surface area contributed by atoms with Gasteiger partial charge in [-0.15, -0.1) is 0 Å². The van der Waals surface area contributed by atoms with Crippen LogP contribution in [0.2, 0.25) is 0 Å². The number of nitrogens with zero attached hydrogens (tertiary/aromatic N) is 3. The molecule has 1 unspecified atom stereocenters. The van der Waals surface area contributed by atoms with Crippen molar-refractivity contribution < 1.29 is 14.3 Å². The molecule has 110 valence electrons. The molecule has 1 saturated heterocycles. The Bertz CT molecular complexity index is 479. The summed E-state index contributed by atoms with van der Waals surface area (Å²) in [4.78, 5) is 22.5. The summed E-state index contributed by atoms with van der Waals surface area (Å²) in [7, 11) is 1.43. The molecular formula is C14H21N3O3. The smallest absolute Gasteiger partial charge is 0.310 e. The van der Waals surface area contributed by atoms with Crippen LogP contribution in [0.15, 0.2) is 6.07 Å². The third-order valence-electron chi connectivity index (χ3n) is 3.35. The maximum Gasteiger partial charge on any atom is 0.310 e. The zero-order valence-electron chi connectivity index (χ0n) is 12.3. The average molecular weight is 279 g/mol. The van der Waals surface area contributed by atoms with Gasteiger partial charge in [-0.3, -0.25) is 4.79 Å². The summed E-state index contributed by atoms with van der Waals surface area (Å²) in [5, 5.41) is 0. The fraction of sp³-hybridized carbons (Fsp3) is 0.643. The van der Waals surface area contributed by atoms with E-state index in [1.165, 1.54) is 7.11 Å². The first-order valence-electron chi connectivity index (χ1n) is 6.95. The topological polar surface area (TPSA) is 64.5 Å². The van der Waals surface area contributed by atoms with Crippen molar-refractivity contribution in [2.75, 3.05) is 31.7 Å². The molecule has 0 saturated carbocycles. The van der Waals surface area contributed by atoms with Gasteiger partial charge in [-0.25, -0.2) is 4.98 Å². The lowest BCUT2D eigenvalue weighted by Gasteiger charge is -2.31. The van der Waals surface area contributed by atoms with Crippen LogP contribution >= 0.6 is 0 Å². The number of ether oxygens (including phenoxy) is 2. The van der Waals surface area contributed by atoms with Crippen LogP contribution in [0.4, 0.5) is 5.95 Å². The molecule has 6 nitrogen and oxygen atoms in total. The van der Waals surface area contributed by atoms with Gasteiger partial charge in [0.25, 0.3) is 0 Å². The second-order valence-corrected chi connectivity index (χ2v) is 4.89. The number of esters is 1. The van der Waals surface area contributed by atoms with Gasteiger partial charge in [-0.2, -0.15) is 4.98 Å². The summed E-state index contributed by atoms with van der Waals surface area (Å²) < 4.78 is 10.3. The number of carbonyl (C=O) groups is 1. The molecule has 0 aliphatic carbocycles. The zero-order valence-corrected chi connectivity index (χ0v) is 12.3. The van der Waals surface area contributed by atoms with Gasteiger partial charge in [0, 0.05) is 24.8 Å². The van der Waals surface area contributed by atoms with Gasteiger partial charge >= 0.3 is 5.97 Å². The lowest BCUT2D eigenvalue weighted by molar-refractivity contribution is -0.145. The van der Waals surface area contributed by atoms with Gasteiger partial charge in [-0.05, 0) is 26.7 Å². The first-order valence-corrected chi connectivity index (χ1v) is 6.95. The van der Waals surface area contributed by atoms with Crippen LogP contribution in [-0.4, -0.2) is 42.7 Å². The number of rotatable bonds is 4. The monoisotopic (exact) mass is 279 g/mol. The number of anilines is 1. The fourth-order valence-electron chi connectivity index (χ4n) is 2.41. The quantitative estimate of drug-likeness (QED) is 0.780. The number of aryl methyl sites for hydroxylation is 1. The van der Waals surface area contributed by atoms with E-state index in [2.05, 4.69) is 9.97 Å². The molecule has 0 spiro atoms. The first kappa shape index (κ1) is 14.6. The van der Waals surface area contributed by atoms with Crippen molar-refractivity contribution in [3.05, 3.63) is 11.8 Å². The number of hydrogen-bond donors (Lipinski definition) is 0. The van der Waals surface area contributed by atoms with E-state index in [0.717, 1.165) is 25.1 Å². The third kappa shape index (κ3) is 3.37. The van der Waals surface area contributed by atoms with Crippen molar-refractivity contribution in [3.8, 4) is 5.88 Å². The number of aromatic nitrogens is 2. The SMILES string of the molecule is CCOc1cc(C)nc(N2CCCC(C(=O)OC)C2)n1. The fourth-order valence-corrected chi connectivity index (χ4v) is 2.41. The molecular weight excluding hydrogens is 258 g/mol. The van der Waals surface area contributed by atoms with Gasteiger partial charge in [0.1, 0.15) is 0 Å². The van der Waals surface area contributed by atoms with Crippen LogP contribution in [0, 0.1) is 12.8 Å². The lowest BCUT2D eigenvalue weighted by atomic mass is 9.98. The molecule has 1 aliphatic rings. The van der Waals surface area contributed by atoms with E-state index in [0.29, 0.717) is 25.0 Å². The van der Waals surface area contributed by atoms with Gasteiger partial charge < -0.3 is 14.4 Å². The Balaban J connectivity index is 2.15. The molecule has 0 bridgehead atoms. The van der Waals surface area contributed by atoms with E-state index in [9.17, 15) is 4.79 Å². The number of piperidine rings is 1. The van der Waals surface area contributed by atoms with Crippen LogP contribution in [-0.2, 0) is 9.53 Å². The highest BCUT2D eigenvalue weighted by atomic mass is 16.5. The molecule has 0 aromatic carbocycles. The molecule has 1 fully saturated rings. The second kappa shape index (κ2) is 6.54. The molecule has 1 aromatic heterocycles. The van der Waals surface area contributed by atoms with Crippen molar-refractivity contribution in [1.82, 2.24) is 9.97 Å². The van der Waals surface area contributed by atoms with Crippen LogP contribution < -0.4 is 9.64 Å². The molecule has 6 heteroatoms. The predicted molar refractivity (Wildman–Crippen MR) is 74.9 cm³/mol. The molecule has 0 amide bonds. The van der Waals surface area contributed by atoms with Crippen molar-refractivity contribution in [3.63, 3.8) is 0 Å². The highest BCUT2D eigenvalue weighted by Crippen LogP contribution is 2.23. The lowest BCUT2D eigenvalue weighted by Crippen LogP contribution is -2.40. The maximum atomic E-state index is 11.7. The molecule has 0 radical (unpaired) electrons. The Morgan fingerprint density at radius 3 is 3.00 bits per heavy atom. The number of carbonyl (C=O) groups excluding carboxylic acids is 1. The van der Waals surface area contributed by atoms with Gasteiger partial charge in [0.15, 0.2) is 0 Å². The van der Waals surface area contributed by atoms with E-state index in [1.807, 2.05) is 24.8 Å². The molecule has 2 rings (SSSR count). The van der Waals surface area contributed by atoms with E-state index >= 15 is 0 Å². The van der Waals surface area contributed by atoms with Crippen molar-refractivity contribution in [1.29, 1.82) is 0 Å². The van der Waals surface area contributed by atoms with Crippen LogP contribution in [0.1, 0.15) is 25.5 Å². The summed E-state index contributed by atoms with van der Waals surface area (Å²) in [6, 6.07) is 1.81. The van der Waals surface area contributed by atoms with Crippen molar-refractivity contribution in [2.24, 2.45) is 5.92 Å². The Kier molecular flexibility index (Phi) is 4.76. The van der Waals surface area contributed by atoms with E-state index in [-0.39, 0.29) is 11.9 Å². The van der Waals surface area contributed by atoms with Crippen LogP contribution in [0.3, 0.4) is 0 Å². The molecule has 1 atom stereocenters. The van der Waals surface area contributed by atoms with Gasteiger partial charge in [-0.1, -0.05) is 0 Å². The predicted octanol–water partition coefficient (Wildman–Crippen LogP) is 1.57. The summed E-state index contributed by atoms with van der Waals surface area (Å²) in [6.45, 7) is 5.85. The second-order valence-electron chi connectivity index (χ2n) is 4.89. The highest BCUT2D eigenvalue weighted by Gasteiger charge is 2.28. The molecule has 0 N–H and O–H groups in total. The Hall–Kier alpha value is -1.85. The normalized spacial score (nSPS) is 18.8. The summed E-state index contributed by atoms with van der Waals surface area (Å²) in [6.07, 6.45) is 1.79. The minimum Gasteiger partial charge on any atom is -0.478 e. The summed E-state index contributed by atoms with van der Waals surface area (Å²) >= 11 is 0. The highest BCUT2D eigenvalue weighted by molar-refractivity contribution is 5.73. The molecule has 2 heterocycles. The summed E-state index contributed by atoms with van der Waals surface area (Å²) in [5.74, 6) is 0.943. The number of methoxy groups -OCH3 is 1. The Morgan fingerprint density at radius 2 is 2.30 bits per heavy atom. The van der Waals surface area contributed by atoms with Crippen LogP contribution in [0.25, 0.3) is 0 Å². The minimum atomic E-state index is -0.160. The average Bonchev–Trinajstić information content (AvgIpc) is 2.46. The molecule has 1 aromatic rings.